The second kappa shape index (κ2) is 6.93. The number of hydrogen-bond acceptors (Lipinski definition) is 5. The molecule has 116 valence electrons. The number of carbonyl (C=O) groups excluding carboxylic acids is 1. The number of rotatable bonds is 5. The van der Waals surface area contributed by atoms with E-state index in [0.29, 0.717) is 10.2 Å². The fourth-order valence-corrected chi connectivity index (χ4v) is 3.24. The molecule has 1 aromatic heterocycles. The number of benzene rings is 2. The van der Waals surface area contributed by atoms with Crippen LogP contribution in [0.1, 0.15) is 17.7 Å². The highest BCUT2D eigenvalue weighted by Crippen LogP contribution is 2.35. The second-order valence-electron chi connectivity index (χ2n) is 4.87. The van der Waals surface area contributed by atoms with E-state index in [2.05, 4.69) is 15.5 Å². The molecule has 0 aliphatic heterocycles. The third kappa shape index (κ3) is 3.60. The molecule has 0 bridgehead atoms. The number of ketones is 1. The molecule has 0 aliphatic carbocycles. The Hall–Kier alpha value is -2.18. The summed E-state index contributed by atoms with van der Waals surface area (Å²) in [5, 5.41) is 12.6. The molecular weight excluding hydrogens is 332 g/mol. The first-order chi connectivity index (χ1) is 11.1. The lowest BCUT2D eigenvalue weighted by molar-refractivity contribution is -0.116. The zero-order valence-corrected chi connectivity index (χ0v) is 13.8. The molecule has 7 heteroatoms. The molecule has 1 heterocycles. The van der Waals surface area contributed by atoms with Crippen LogP contribution in [-0.2, 0) is 4.79 Å². The van der Waals surface area contributed by atoms with Crippen LogP contribution in [-0.4, -0.2) is 26.0 Å². The fraction of sp³-hybridized carbons (Fsp3) is 0.125. The minimum atomic E-state index is -0.353. The zero-order valence-electron chi connectivity index (χ0n) is 12.3. The molecule has 3 rings (SSSR count). The molecule has 0 unspecified atom stereocenters. The Labute approximate surface area is 142 Å². The van der Waals surface area contributed by atoms with E-state index in [1.165, 1.54) is 11.8 Å². The van der Waals surface area contributed by atoms with Crippen LogP contribution in [0.15, 0.2) is 59.8 Å². The molecule has 0 saturated heterocycles. The third-order valence-electron chi connectivity index (χ3n) is 3.21. The van der Waals surface area contributed by atoms with Crippen molar-refractivity contribution in [2.45, 2.75) is 17.3 Å². The van der Waals surface area contributed by atoms with Crippen LogP contribution in [0.5, 0.6) is 0 Å². The summed E-state index contributed by atoms with van der Waals surface area (Å²) in [5.41, 5.74) is 1.72. The fourth-order valence-electron chi connectivity index (χ4n) is 2.12. The molecule has 1 atom stereocenters. The number of Topliss-reactive ketones (excluding diaryl/α,β-unsaturated/α-hetero) is 1. The quantitative estimate of drug-likeness (QED) is 0.660. The first-order valence-corrected chi connectivity index (χ1v) is 8.17. The Bertz CT molecular complexity index is 804. The van der Waals surface area contributed by atoms with Gasteiger partial charge < -0.3 is 0 Å². The Morgan fingerprint density at radius 1 is 1.13 bits per heavy atom. The van der Waals surface area contributed by atoms with Gasteiger partial charge in [0.15, 0.2) is 0 Å². The van der Waals surface area contributed by atoms with Gasteiger partial charge in [0.1, 0.15) is 5.78 Å². The molecule has 0 N–H and O–H groups in total. The predicted octanol–water partition coefficient (Wildman–Crippen LogP) is 3.74. The summed E-state index contributed by atoms with van der Waals surface area (Å²) in [4.78, 5) is 12.0. The van der Waals surface area contributed by atoms with Crippen LogP contribution in [0.4, 0.5) is 0 Å². The number of aromatic nitrogens is 4. The maximum atomic E-state index is 12.0. The van der Waals surface area contributed by atoms with Crippen LogP contribution >= 0.6 is 23.4 Å². The summed E-state index contributed by atoms with van der Waals surface area (Å²) in [6.07, 6.45) is 0. The average molecular weight is 345 g/mol. The molecule has 5 nitrogen and oxygen atoms in total. The lowest BCUT2D eigenvalue weighted by Gasteiger charge is -2.13. The Kier molecular flexibility index (Phi) is 4.73. The van der Waals surface area contributed by atoms with Crippen molar-refractivity contribution in [3.63, 3.8) is 0 Å². The molecule has 3 aromatic rings. The van der Waals surface area contributed by atoms with Gasteiger partial charge in [-0.2, -0.15) is 4.68 Å². The maximum Gasteiger partial charge on any atom is 0.215 e. The van der Waals surface area contributed by atoms with E-state index >= 15 is 0 Å². The second-order valence-corrected chi connectivity index (χ2v) is 6.38. The molecular formula is C16H13ClN4OS. The van der Waals surface area contributed by atoms with E-state index in [-0.39, 0.29) is 11.0 Å². The topological polar surface area (TPSA) is 60.7 Å². The first-order valence-electron chi connectivity index (χ1n) is 6.91. The zero-order chi connectivity index (χ0) is 16.2. The van der Waals surface area contributed by atoms with Crippen LogP contribution in [0, 0.1) is 0 Å². The Morgan fingerprint density at radius 3 is 2.48 bits per heavy atom. The van der Waals surface area contributed by atoms with Crippen LogP contribution in [0.3, 0.4) is 0 Å². The van der Waals surface area contributed by atoms with Crippen LogP contribution in [0.2, 0.25) is 5.02 Å². The lowest BCUT2D eigenvalue weighted by Crippen LogP contribution is -2.07. The van der Waals surface area contributed by atoms with Gasteiger partial charge in [-0.3, -0.25) is 4.79 Å². The number of halogens is 1. The molecule has 0 saturated carbocycles. The summed E-state index contributed by atoms with van der Waals surface area (Å²) in [7, 11) is 0. The van der Waals surface area contributed by atoms with Gasteiger partial charge in [-0.05, 0) is 47.2 Å². The molecule has 0 amide bonds. The van der Waals surface area contributed by atoms with Gasteiger partial charge in [-0.1, -0.05) is 53.7 Å². The largest absolute Gasteiger partial charge is 0.298 e. The van der Waals surface area contributed by atoms with Gasteiger partial charge in [0, 0.05) is 5.02 Å². The van der Waals surface area contributed by atoms with Gasteiger partial charge in [0.05, 0.1) is 10.9 Å². The van der Waals surface area contributed by atoms with Crippen molar-refractivity contribution < 1.29 is 4.79 Å². The van der Waals surface area contributed by atoms with Crippen LogP contribution in [0.25, 0.3) is 5.69 Å². The molecule has 23 heavy (non-hydrogen) atoms. The summed E-state index contributed by atoms with van der Waals surface area (Å²) >= 11 is 7.23. The summed E-state index contributed by atoms with van der Waals surface area (Å²) < 4.78 is 1.60. The summed E-state index contributed by atoms with van der Waals surface area (Å²) in [6, 6.07) is 16.8. The minimum absolute atomic E-state index is 0.0480. The van der Waals surface area contributed by atoms with Gasteiger partial charge in [-0.25, -0.2) is 0 Å². The van der Waals surface area contributed by atoms with E-state index < -0.39 is 0 Å². The predicted molar refractivity (Wildman–Crippen MR) is 89.9 cm³/mol. The molecule has 2 aromatic carbocycles. The van der Waals surface area contributed by atoms with Gasteiger partial charge >= 0.3 is 0 Å². The summed E-state index contributed by atoms with van der Waals surface area (Å²) in [5.74, 6) is 0.0480. The van der Waals surface area contributed by atoms with Crippen molar-refractivity contribution in [1.82, 2.24) is 20.2 Å². The SMILES string of the molecule is CC(=O)[C@H](Sc1nnnn1-c1ccc(Cl)cc1)c1ccccc1. The van der Waals surface area contributed by atoms with Crippen molar-refractivity contribution in [3.8, 4) is 5.69 Å². The number of thioether (sulfide) groups is 1. The monoisotopic (exact) mass is 344 g/mol. The highest BCUT2D eigenvalue weighted by Gasteiger charge is 2.22. The Balaban J connectivity index is 1.92. The minimum Gasteiger partial charge on any atom is -0.298 e. The van der Waals surface area contributed by atoms with Crippen molar-refractivity contribution in [1.29, 1.82) is 0 Å². The molecule has 0 aliphatic rings. The maximum absolute atomic E-state index is 12.0. The number of carbonyl (C=O) groups is 1. The number of nitrogens with zero attached hydrogens (tertiary/aromatic N) is 4. The van der Waals surface area contributed by atoms with Gasteiger partial charge in [0.25, 0.3) is 0 Å². The number of tetrazole rings is 1. The smallest absolute Gasteiger partial charge is 0.215 e. The normalized spacial score (nSPS) is 12.1. The van der Waals surface area contributed by atoms with E-state index in [4.69, 9.17) is 11.6 Å². The summed E-state index contributed by atoms with van der Waals surface area (Å²) in [6.45, 7) is 1.57. The van der Waals surface area contributed by atoms with Crippen LogP contribution < -0.4 is 0 Å². The Morgan fingerprint density at radius 2 is 1.83 bits per heavy atom. The average Bonchev–Trinajstić information content (AvgIpc) is 3.02. The number of hydrogen-bond donors (Lipinski definition) is 0. The standard InChI is InChI=1S/C16H13ClN4OS/c1-11(22)15(12-5-3-2-4-6-12)23-16-18-19-20-21(16)14-9-7-13(17)8-10-14/h2-10,15H,1H3/t15-/m0/s1. The van der Waals surface area contributed by atoms with E-state index in [1.807, 2.05) is 42.5 Å². The highest BCUT2D eigenvalue weighted by atomic mass is 35.5. The van der Waals surface area contributed by atoms with E-state index in [0.717, 1.165) is 11.3 Å². The van der Waals surface area contributed by atoms with Gasteiger partial charge in [-0.15, -0.1) is 5.10 Å². The molecule has 0 radical (unpaired) electrons. The van der Waals surface area contributed by atoms with Gasteiger partial charge in [0.2, 0.25) is 5.16 Å². The van der Waals surface area contributed by atoms with Crippen molar-refractivity contribution in [3.05, 3.63) is 65.2 Å². The third-order valence-corrected chi connectivity index (χ3v) is 4.76. The van der Waals surface area contributed by atoms with Crippen molar-refractivity contribution >= 4 is 29.1 Å². The van der Waals surface area contributed by atoms with E-state index in [1.54, 1.807) is 23.7 Å². The van der Waals surface area contributed by atoms with Crippen molar-refractivity contribution in [2.75, 3.05) is 0 Å². The lowest BCUT2D eigenvalue weighted by atomic mass is 10.1. The molecule has 0 spiro atoms. The highest BCUT2D eigenvalue weighted by molar-refractivity contribution is 8.00. The van der Waals surface area contributed by atoms with Crippen molar-refractivity contribution in [2.24, 2.45) is 0 Å². The first kappa shape index (κ1) is 15.7. The molecule has 0 fully saturated rings. The van der Waals surface area contributed by atoms with E-state index in [9.17, 15) is 4.79 Å².